The molecular formula is C28H20N2OS. The standard InChI is InChI=1S/C28H20N2OS/c1-17-16-24(28-30-29-27(31-28)19-9-4-3-5-10-19)18(2)15-23(17)22-13-8-12-21-20-11-6-7-14-25(20)32-26(21)22/h3-16H,1-2H3. The van der Waals surface area contributed by atoms with Gasteiger partial charge in [-0.3, -0.25) is 0 Å². The number of fused-ring (bicyclic) bond motifs is 3. The molecule has 0 aliphatic heterocycles. The van der Waals surface area contributed by atoms with Crippen molar-refractivity contribution in [3.05, 3.63) is 96.1 Å². The highest BCUT2D eigenvalue weighted by Gasteiger charge is 2.17. The zero-order valence-corrected chi connectivity index (χ0v) is 18.6. The van der Waals surface area contributed by atoms with E-state index in [1.807, 2.05) is 41.7 Å². The number of nitrogens with zero attached hydrogens (tertiary/aromatic N) is 2. The minimum Gasteiger partial charge on any atom is -0.416 e. The molecule has 0 atom stereocenters. The molecule has 0 fully saturated rings. The number of aryl methyl sites for hydroxylation is 2. The predicted octanol–water partition coefficient (Wildman–Crippen LogP) is 8.06. The van der Waals surface area contributed by atoms with Crippen molar-refractivity contribution in [2.75, 3.05) is 0 Å². The number of hydrogen-bond acceptors (Lipinski definition) is 4. The van der Waals surface area contributed by atoms with Crippen LogP contribution in [0.2, 0.25) is 0 Å². The van der Waals surface area contributed by atoms with Gasteiger partial charge in [0.25, 0.3) is 0 Å². The molecule has 0 spiro atoms. The monoisotopic (exact) mass is 432 g/mol. The van der Waals surface area contributed by atoms with E-state index in [2.05, 4.69) is 78.6 Å². The van der Waals surface area contributed by atoms with Gasteiger partial charge in [0.15, 0.2) is 0 Å². The summed E-state index contributed by atoms with van der Waals surface area (Å²) in [6.07, 6.45) is 0. The number of rotatable bonds is 3. The second-order valence-corrected chi connectivity index (χ2v) is 9.09. The third-order valence-electron chi connectivity index (χ3n) is 5.94. The first-order valence-corrected chi connectivity index (χ1v) is 11.4. The van der Waals surface area contributed by atoms with E-state index in [1.54, 1.807) is 0 Å². The molecule has 0 radical (unpaired) electrons. The van der Waals surface area contributed by atoms with Crippen molar-refractivity contribution in [1.82, 2.24) is 10.2 Å². The average molecular weight is 433 g/mol. The summed E-state index contributed by atoms with van der Waals surface area (Å²) in [5.74, 6) is 1.09. The Labute approximate surface area is 190 Å². The Balaban J connectivity index is 1.47. The Morgan fingerprint density at radius 1 is 0.625 bits per heavy atom. The van der Waals surface area contributed by atoms with Gasteiger partial charge in [-0.1, -0.05) is 60.7 Å². The number of thiophene rings is 1. The molecule has 2 aromatic heterocycles. The summed E-state index contributed by atoms with van der Waals surface area (Å²) < 4.78 is 8.67. The van der Waals surface area contributed by atoms with Crippen LogP contribution >= 0.6 is 11.3 Å². The van der Waals surface area contributed by atoms with Crippen molar-refractivity contribution in [1.29, 1.82) is 0 Å². The van der Waals surface area contributed by atoms with Crippen LogP contribution in [0, 0.1) is 13.8 Å². The summed E-state index contributed by atoms with van der Waals surface area (Å²) in [6, 6.07) is 29.5. The molecule has 0 aliphatic rings. The molecule has 4 aromatic carbocycles. The van der Waals surface area contributed by atoms with Gasteiger partial charge < -0.3 is 4.42 Å². The number of aromatic nitrogens is 2. The highest BCUT2D eigenvalue weighted by atomic mass is 32.1. The van der Waals surface area contributed by atoms with Gasteiger partial charge in [0, 0.05) is 31.3 Å². The normalized spacial score (nSPS) is 11.4. The van der Waals surface area contributed by atoms with Crippen LogP contribution in [0.3, 0.4) is 0 Å². The molecule has 0 aliphatic carbocycles. The van der Waals surface area contributed by atoms with E-state index in [4.69, 9.17) is 4.42 Å². The molecule has 0 amide bonds. The van der Waals surface area contributed by atoms with Crippen LogP contribution in [0.25, 0.3) is 54.2 Å². The van der Waals surface area contributed by atoms with E-state index in [-0.39, 0.29) is 0 Å². The third kappa shape index (κ3) is 3.03. The number of benzene rings is 4. The highest BCUT2D eigenvalue weighted by Crippen LogP contribution is 2.41. The van der Waals surface area contributed by atoms with Crippen molar-refractivity contribution >= 4 is 31.5 Å². The minimum atomic E-state index is 0.539. The molecule has 0 unspecified atom stereocenters. The molecule has 32 heavy (non-hydrogen) atoms. The second-order valence-electron chi connectivity index (χ2n) is 8.04. The summed E-state index contributed by atoms with van der Waals surface area (Å²) >= 11 is 1.86. The molecule has 154 valence electrons. The van der Waals surface area contributed by atoms with Crippen molar-refractivity contribution < 1.29 is 4.42 Å². The molecule has 6 aromatic rings. The van der Waals surface area contributed by atoms with Crippen LogP contribution < -0.4 is 0 Å². The van der Waals surface area contributed by atoms with Crippen LogP contribution in [0.15, 0.2) is 89.3 Å². The van der Waals surface area contributed by atoms with E-state index >= 15 is 0 Å². The fourth-order valence-corrected chi connectivity index (χ4v) is 5.56. The van der Waals surface area contributed by atoms with Gasteiger partial charge in [-0.25, -0.2) is 0 Å². The van der Waals surface area contributed by atoms with Crippen LogP contribution in [-0.4, -0.2) is 10.2 Å². The molecule has 0 saturated carbocycles. The summed E-state index contributed by atoms with van der Waals surface area (Å²) in [4.78, 5) is 0. The van der Waals surface area contributed by atoms with E-state index in [0.717, 1.165) is 16.7 Å². The molecule has 2 heterocycles. The lowest BCUT2D eigenvalue weighted by Crippen LogP contribution is -1.90. The molecular weight excluding hydrogens is 412 g/mol. The van der Waals surface area contributed by atoms with Crippen LogP contribution in [-0.2, 0) is 0 Å². The van der Waals surface area contributed by atoms with Gasteiger partial charge in [0.1, 0.15) is 0 Å². The van der Waals surface area contributed by atoms with Crippen LogP contribution in [0.1, 0.15) is 11.1 Å². The maximum Gasteiger partial charge on any atom is 0.248 e. The van der Waals surface area contributed by atoms with Crippen molar-refractivity contribution in [3.63, 3.8) is 0 Å². The lowest BCUT2D eigenvalue weighted by Gasteiger charge is -2.11. The Kier molecular flexibility index (Phi) is 4.40. The van der Waals surface area contributed by atoms with E-state index in [0.29, 0.717) is 11.8 Å². The van der Waals surface area contributed by atoms with Gasteiger partial charge in [-0.15, -0.1) is 21.5 Å². The average Bonchev–Trinajstić information content (AvgIpc) is 3.46. The summed E-state index contributed by atoms with van der Waals surface area (Å²) in [5, 5.41) is 11.2. The lowest BCUT2D eigenvalue weighted by atomic mass is 9.94. The topological polar surface area (TPSA) is 38.9 Å². The van der Waals surface area contributed by atoms with Gasteiger partial charge in [-0.05, 0) is 60.4 Å². The third-order valence-corrected chi connectivity index (χ3v) is 7.16. The SMILES string of the molecule is Cc1cc(-c2cccc3c2sc2ccccc23)c(C)cc1-c1nnc(-c2ccccc2)o1. The van der Waals surface area contributed by atoms with Gasteiger partial charge in [0.2, 0.25) is 11.8 Å². The Hall–Kier alpha value is -3.76. The maximum atomic E-state index is 6.03. The fraction of sp³-hybridized carbons (Fsp3) is 0.0714. The maximum absolute atomic E-state index is 6.03. The Morgan fingerprint density at radius 2 is 1.31 bits per heavy atom. The summed E-state index contributed by atoms with van der Waals surface area (Å²) in [7, 11) is 0. The smallest absolute Gasteiger partial charge is 0.248 e. The summed E-state index contributed by atoms with van der Waals surface area (Å²) in [5.41, 5.74) is 6.72. The molecule has 3 nitrogen and oxygen atoms in total. The van der Waals surface area contributed by atoms with Gasteiger partial charge in [-0.2, -0.15) is 0 Å². The first kappa shape index (κ1) is 19.0. The molecule has 4 heteroatoms. The molecule has 6 rings (SSSR count). The first-order chi connectivity index (χ1) is 15.7. The first-order valence-electron chi connectivity index (χ1n) is 10.6. The molecule has 0 bridgehead atoms. The van der Waals surface area contributed by atoms with Crippen LogP contribution in [0.4, 0.5) is 0 Å². The van der Waals surface area contributed by atoms with Crippen LogP contribution in [0.5, 0.6) is 0 Å². The highest BCUT2D eigenvalue weighted by molar-refractivity contribution is 7.26. The number of hydrogen-bond donors (Lipinski definition) is 0. The van der Waals surface area contributed by atoms with Crippen molar-refractivity contribution in [2.45, 2.75) is 13.8 Å². The Bertz CT molecular complexity index is 1590. The minimum absolute atomic E-state index is 0.539. The van der Waals surface area contributed by atoms with E-state index in [1.165, 1.54) is 36.9 Å². The summed E-state index contributed by atoms with van der Waals surface area (Å²) in [6.45, 7) is 4.26. The molecule has 0 saturated heterocycles. The largest absolute Gasteiger partial charge is 0.416 e. The molecule has 0 N–H and O–H groups in total. The Morgan fingerprint density at radius 3 is 2.19 bits per heavy atom. The zero-order valence-electron chi connectivity index (χ0n) is 17.8. The predicted molar refractivity (Wildman–Crippen MR) is 133 cm³/mol. The van der Waals surface area contributed by atoms with Crippen molar-refractivity contribution in [2.24, 2.45) is 0 Å². The van der Waals surface area contributed by atoms with Gasteiger partial charge >= 0.3 is 0 Å². The van der Waals surface area contributed by atoms with Gasteiger partial charge in [0.05, 0.1) is 0 Å². The fourth-order valence-electron chi connectivity index (χ4n) is 4.33. The van der Waals surface area contributed by atoms with E-state index in [9.17, 15) is 0 Å². The lowest BCUT2D eigenvalue weighted by molar-refractivity contribution is 0.584. The van der Waals surface area contributed by atoms with Crippen molar-refractivity contribution in [3.8, 4) is 34.0 Å². The second kappa shape index (κ2) is 7.43. The quantitative estimate of drug-likeness (QED) is 0.284. The zero-order chi connectivity index (χ0) is 21.7. The van der Waals surface area contributed by atoms with E-state index < -0.39 is 0 Å².